The fourth-order valence-electron chi connectivity index (χ4n) is 3.80. The first-order valence-electron chi connectivity index (χ1n) is 10.7. The van der Waals surface area contributed by atoms with E-state index in [4.69, 9.17) is 5.26 Å². The summed E-state index contributed by atoms with van der Waals surface area (Å²) in [6.45, 7) is 3.09. The van der Waals surface area contributed by atoms with Crippen LogP contribution in [0.15, 0.2) is 77.7 Å². The van der Waals surface area contributed by atoms with Gasteiger partial charge in [-0.1, -0.05) is 24.3 Å². The van der Waals surface area contributed by atoms with Gasteiger partial charge in [0.2, 0.25) is 0 Å². The topological polar surface area (TPSA) is 93.5 Å². The summed E-state index contributed by atoms with van der Waals surface area (Å²) in [7, 11) is -3.98. The summed E-state index contributed by atoms with van der Waals surface area (Å²) in [5.74, 6) is -0.789. The van der Waals surface area contributed by atoms with Gasteiger partial charge in [-0.2, -0.15) is 5.26 Å². The summed E-state index contributed by atoms with van der Waals surface area (Å²) in [5, 5.41) is 8.93. The molecule has 1 amide bonds. The van der Waals surface area contributed by atoms with Crippen molar-refractivity contribution in [3.05, 3.63) is 95.3 Å². The number of anilines is 1. The molecule has 1 aliphatic rings. The van der Waals surface area contributed by atoms with E-state index >= 15 is 0 Å². The van der Waals surface area contributed by atoms with E-state index in [0.29, 0.717) is 31.7 Å². The van der Waals surface area contributed by atoms with Crippen LogP contribution in [0.1, 0.15) is 21.5 Å². The first kappa shape index (κ1) is 23.4. The normalized spacial score (nSPS) is 14.4. The zero-order valence-corrected chi connectivity index (χ0v) is 19.1. The van der Waals surface area contributed by atoms with Crippen LogP contribution in [0, 0.1) is 17.1 Å². The van der Waals surface area contributed by atoms with E-state index < -0.39 is 15.8 Å². The van der Waals surface area contributed by atoms with Gasteiger partial charge in [-0.15, -0.1) is 0 Å². The molecule has 3 aromatic rings. The van der Waals surface area contributed by atoms with Crippen LogP contribution in [0.5, 0.6) is 0 Å². The molecule has 7 nitrogen and oxygen atoms in total. The smallest absolute Gasteiger partial charge is 0.261 e. The number of nitriles is 1. The minimum atomic E-state index is -3.98. The average Bonchev–Trinajstić information content (AvgIpc) is 2.85. The molecular formula is C25H23FN4O3S. The van der Waals surface area contributed by atoms with E-state index in [0.717, 1.165) is 24.2 Å². The van der Waals surface area contributed by atoms with Crippen molar-refractivity contribution >= 4 is 21.6 Å². The third kappa shape index (κ3) is 5.42. The van der Waals surface area contributed by atoms with Crippen molar-refractivity contribution in [3.8, 4) is 6.07 Å². The maximum Gasteiger partial charge on any atom is 0.261 e. The van der Waals surface area contributed by atoms with Crippen LogP contribution < -0.4 is 4.72 Å². The van der Waals surface area contributed by atoms with Gasteiger partial charge in [0.05, 0.1) is 27.8 Å². The van der Waals surface area contributed by atoms with Gasteiger partial charge in [-0.25, -0.2) is 12.8 Å². The highest BCUT2D eigenvalue weighted by Gasteiger charge is 2.25. The summed E-state index contributed by atoms with van der Waals surface area (Å²) in [6.07, 6.45) is 0. The third-order valence-corrected chi connectivity index (χ3v) is 7.06. The summed E-state index contributed by atoms with van der Waals surface area (Å²) in [5.41, 5.74) is 2.15. The number of carbonyl (C=O) groups excluding carboxylic acids is 1. The number of hydrogen-bond acceptors (Lipinski definition) is 5. The van der Waals surface area contributed by atoms with Crippen LogP contribution in [0.3, 0.4) is 0 Å². The number of carbonyl (C=O) groups is 1. The fourth-order valence-corrected chi connectivity index (χ4v) is 4.88. The van der Waals surface area contributed by atoms with E-state index in [-0.39, 0.29) is 22.1 Å². The molecule has 0 radical (unpaired) electrons. The van der Waals surface area contributed by atoms with Gasteiger partial charge >= 0.3 is 0 Å². The highest BCUT2D eigenvalue weighted by Crippen LogP contribution is 2.23. The maximum absolute atomic E-state index is 13.2. The number of piperazine rings is 1. The Bertz CT molecular complexity index is 1310. The number of nitrogens with zero attached hydrogens (tertiary/aromatic N) is 3. The van der Waals surface area contributed by atoms with Gasteiger partial charge in [0.1, 0.15) is 5.82 Å². The second-order valence-corrected chi connectivity index (χ2v) is 9.66. The SMILES string of the molecule is N#Cc1ccc(CN2CCN(C(=O)c3ccccc3NS(=O)(=O)c3ccc(F)cc3)CC2)cc1. The van der Waals surface area contributed by atoms with Gasteiger partial charge in [-0.3, -0.25) is 14.4 Å². The van der Waals surface area contributed by atoms with E-state index in [1.807, 2.05) is 12.1 Å². The Kier molecular flexibility index (Phi) is 6.91. The van der Waals surface area contributed by atoms with E-state index in [9.17, 15) is 17.6 Å². The second kappa shape index (κ2) is 10.0. The lowest BCUT2D eigenvalue weighted by molar-refractivity contribution is 0.0629. The predicted molar refractivity (Wildman–Crippen MR) is 126 cm³/mol. The molecule has 9 heteroatoms. The number of benzene rings is 3. The molecule has 1 N–H and O–H groups in total. The Balaban J connectivity index is 1.42. The summed E-state index contributed by atoms with van der Waals surface area (Å²) >= 11 is 0. The Labute approximate surface area is 198 Å². The summed E-state index contributed by atoms with van der Waals surface area (Å²) in [6, 6.07) is 20.5. The molecule has 0 aliphatic carbocycles. The largest absolute Gasteiger partial charge is 0.336 e. The molecule has 0 bridgehead atoms. The fraction of sp³-hybridized carbons (Fsp3) is 0.200. The minimum Gasteiger partial charge on any atom is -0.336 e. The average molecular weight is 479 g/mol. The van der Waals surface area contributed by atoms with Crippen molar-refractivity contribution in [2.45, 2.75) is 11.4 Å². The molecule has 34 heavy (non-hydrogen) atoms. The number of nitrogens with one attached hydrogen (secondary N) is 1. The molecule has 0 atom stereocenters. The number of para-hydroxylation sites is 1. The van der Waals surface area contributed by atoms with Crippen LogP contribution >= 0.6 is 0 Å². The first-order valence-corrected chi connectivity index (χ1v) is 12.2. The Morgan fingerprint density at radius 3 is 2.24 bits per heavy atom. The van der Waals surface area contributed by atoms with Crippen molar-refractivity contribution < 1.29 is 17.6 Å². The molecule has 0 spiro atoms. The molecule has 0 unspecified atom stereocenters. The van der Waals surface area contributed by atoms with Crippen LogP contribution in [0.4, 0.5) is 10.1 Å². The third-order valence-electron chi connectivity index (χ3n) is 5.67. The van der Waals surface area contributed by atoms with Crippen molar-refractivity contribution in [2.75, 3.05) is 30.9 Å². The van der Waals surface area contributed by atoms with Crippen LogP contribution in [0.2, 0.25) is 0 Å². The lowest BCUT2D eigenvalue weighted by Crippen LogP contribution is -2.48. The molecule has 1 aliphatic heterocycles. The molecule has 3 aromatic carbocycles. The molecule has 1 fully saturated rings. The van der Waals surface area contributed by atoms with Crippen molar-refractivity contribution in [2.24, 2.45) is 0 Å². The molecule has 4 rings (SSSR count). The minimum absolute atomic E-state index is 0.0902. The van der Waals surface area contributed by atoms with Crippen molar-refractivity contribution in [1.29, 1.82) is 5.26 Å². The van der Waals surface area contributed by atoms with Gasteiger partial charge in [0.25, 0.3) is 15.9 Å². The maximum atomic E-state index is 13.2. The molecule has 1 heterocycles. The van der Waals surface area contributed by atoms with Crippen LogP contribution in [-0.4, -0.2) is 50.3 Å². The second-order valence-electron chi connectivity index (χ2n) is 7.98. The lowest BCUT2D eigenvalue weighted by Gasteiger charge is -2.35. The number of amides is 1. The number of halogens is 1. The standard InChI is InChI=1S/C25H23FN4O3S/c26-21-9-11-22(12-10-21)34(32,33)28-24-4-2-1-3-23(24)25(31)30-15-13-29(14-16-30)18-20-7-5-19(17-27)6-8-20/h1-12,28H,13-16,18H2. The highest BCUT2D eigenvalue weighted by atomic mass is 32.2. The Morgan fingerprint density at radius 1 is 0.941 bits per heavy atom. The Hall–Kier alpha value is -3.74. The predicted octanol–water partition coefficient (Wildman–Crippen LogP) is 3.46. The molecular weight excluding hydrogens is 455 g/mol. The monoisotopic (exact) mass is 478 g/mol. The van der Waals surface area contributed by atoms with Crippen LogP contribution in [-0.2, 0) is 16.6 Å². The van der Waals surface area contributed by atoms with E-state index in [1.54, 1.807) is 35.2 Å². The Morgan fingerprint density at radius 2 is 1.59 bits per heavy atom. The van der Waals surface area contributed by atoms with Gasteiger partial charge < -0.3 is 4.90 Å². The van der Waals surface area contributed by atoms with E-state index in [1.165, 1.54) is 18.2 Å². The summed E-state index contributed by atoms with van der Waals surface area (Å²) < 4.78 is 41.1. The van der Waals surface area contributed by atoms with Gasteiger partial charge in [0, 0.05) is 32.7 Å². The van der Waals surface area contributed by atoms with E-state index in [2.05, 4.69) is 15.7 Å². The number of sulfonamides is 1. The highest BCUT2D eigenvalue weighted by molar-refractivity contribution is 7.92. The van der Waals surface area contributed by atoms with Crippen molar-refractivity contribution in [1.82, 2.24) is 9.80 Å². The zero-order chi connectivity index (χ0) is 24.1. The molecule has 174 valence electrons. The first-order chi connectivity index (χ1) is 16.4. The molecule has 1 saturated heterocycles. The van der Waals surface area contributed by atoms with Crippen LogP contribution in [0.25, 0.3) is 0 Å². The molecule has 0 saturated carbocycles. The molecule has 0 aromatic heterocycles. The quantitative estimate of drug-likeness (QED) is 0.586. The van der Waals surface area contributed by atoms with Crippen molar-refractivity contribution in [3.63, 3.8) is 0 Å². The number of rotatable bonds is 6. The number of hydrogen-bond donors (Lipinski definition) is 1. The summed E-state index contributed by atoms with van der Waals surface area (Å²) in [4.78, 5) is 17.1. The zero-order valence-electron chi connectivity index (χ0n) is 18.3. The van der Waals surface area contributed by atoms with Gasteiger partial charge in [0.15, 0.2) is 0 Å². The lowest BCUT2D eigenvalue weighted by atomic mass is 10.1. The van der Waals surface area contributed by atoms with Gasteiger partial charge in [-0.05, 0) is 54.1 Å².